The standard InChI is InChI=1S/C11H11ClO5/c1-17-11(16)10(15)9(14)7-3-2-6(5-13)4-8(7)12/h2-5,9-10,14-15H,1H3. The number of halogens is 1. The first-order chi connectivity index (χ1) is 8.01. The quantitative estimate of drug-likeness (QED) is 0.614. The molecule has 0 bridgehead atoms. The number of ether oxygens (including phenoxy) is 1. The molecule has 0 aromatic heterocycles. The Morgan fingerprint density at radius 2 is 2.12 bits per heavy atom. The van der Waals surface area contributed by atoms with Crippen LogP contribution in [0.4, 0.5) is 0 Å². The molecule has 0 radical (unpaired) electrons. The summed E-state index contributed by atoms with van der Waals surface area (Å²) < 4.78 is 4.29. The van der Waals surface area contributed by atoms with Crippen molar-refractivity contribution in [2.75, 3.05) is 7.11 Å². The van der Waals surface area contributed by atoms with Crippen LogP contribution < -0.4 is 0 Å². The fraction of sp³-hybridized carbons (Fsp3) is 0.273. The summed E-state index contributed by atoms with van der Waals surface area (Å²) in [6.07, 6.45) is -2.63. The zero-order chi connectivity index (χ0) is 13.0. The molecule has 17 heavy (non-hydrogen) atoms. The lowest BCUT2D eigenvalue weighted by Gasteiger charge is -2.17. The van der Waals surface area contributed by atoms with Crippen molar-refractivity contribution in [3.05, 3.63) is 34.3 Å². The van der Waals surface area contributed by atoms with Gasteiger partial charge in [-0.3, -0.25) is 4.79 Å². The molecule has 0 aliphatic rings. The Bertz CT molecular complexity index is 432. The van der Waals surface area contributed by atoms with Crippen molar-refractivity contribution in [1.29, 1.82) is 0 Å². The largest absolute Gasteiger partial charge is 0.467 e. The van der Waals surface area contributed by atoms with Crippen LogP contribution in [-0.2, 0) is 9.53 Å². The van der Waals surface area contributed by atoms with Gasteiger partial charge in [0.25, 0.3) is 0 Å². The minimum atomic E-state index is -1.72. The molecule has 6 heteroatoms. The third-order valence-electron chi connectivity index (χ3n) is 2.22. The van der Waals surface area contributed by atoms with Crippen molar-refractivity contribution < 1.29 is 24.5 Å². The topological polar surface area (TPSA) is 83.8 Å². The number of aliphatic hydroxyl groups is 2. The minimum Gasteiger partial charge on any atom is -0.467 e. The highest BCUT2D eigenvalue weighted by atomic mass is 35.5. The molecule has 0 aliphatic heterocycles. The molecule has 2 N–H and O–H groups in total. The summed E-state index contributed by atoms with van der Waals surface area (Å²) in [5, 5.41) is 19.2. The van der Waals surface area contributed by atoms with Crippen LogP contribution in [0.15, 0.2) is 18.2 Å². The Labute approximate surface area is 103 Å². The van der Waals surface area contributed by atoms with Crippen molar-refractivity contribution in [2.45, 2.75) is 12.2 Å². The molecule has 92 valence electrons. The maximum absolute atomic E-state index is 11.0. The van der Waals surface area contributed by atoms with Gasteiger partial charge in [-0.05, 0) is 6.07 Å². The Balaban J connectivity index is 3.00. The van der Waals surface area contributed by atoms with Crippen LogP contribution in [0, 0.1) is 0 Å². The first-order valence-corrected chi connectivity index (χ1v) is 5.07. The maximum atomic E-state index is 11.0. The molecule has 1 aromatic rings. The summed E-state index contributed by atoms with van der Waals surface area (Å²) in [7, 11) is 1.09. The van der Waals surface area contributed by atoms with E-state index in [0.717, 1.165) is 7.11 Å². The van der Waals surface area contributed by atoms with Crippen LogP contribution in [0.2, 0.25) is 5.02 Å². The molecule has 0 saturated heterocycles. The Hall–Kier alpha value is -1.43. The van der Waals surface area contributed by atoms with Gasteiger partial charge in [-0.1, -0.05) is 23.7 Å². The second-order valence-electron chi connectivity index (χ2n) is 3.31. The molecule has 0 fully saturated rings. The zero-order valence-corrected chi connectivity index (χ0v) is 9.72. The summed E-state index contributed by atoms with van der Waals surface area (Å²) in [6.45, 7) is 0. The van der Waals surface area contributed by atoms with E-state index < -0.39 is 18.2 Å². The van der Waals surface area contributed by atoms with E-state index in [9.17, 15) is 19.8 Å². The van der Waals surface area contributed by atoms with Crippen LogP contribution in [-0.4, -0.2) is 35.7 Å². The number of carbonyl (C=O) groups excluding carboxylic acids is 2. The van der Waals surface area contributed by atoms with Gasteiger partial charge in [-0.15, -0.1) is 0 Å². The van der Waals surface area contributed by atoms with Gasteiger partial charge in [0, 0.05) is 16.1 Å². The Morgan fingerprint density at radius 3 is 2.59 bits per heavy atom. The number of benzene rings is 1. The van der Waals surface area contributed by atoms with Gasteiger partial charge in [0.05, 0.1) is 7.11 Å². The normalized spacial score (nSPS) is 13.9. The van der Waals surface area contributed by atoms with Crippen LogP contribution >= 0.6 is 11.6 Å². The van der Waals surface area contributed by atoms with Gasteiger partial charge in [-0.2, -0.15) is 0 Å². The third-order valence-corrected chi connectivity index (χ3v) is 2.55. The van der Waals surface area contributed by atoms with Crippen molar-refractivity contribution in [3.63, 3.8) is 0 Å². The lowest BCUT2D eigenvalue weighted by molar-refractivity contribution is -0.156. The molecule has 0 amide bonds. The van der Waals surface area contributed by atoms with Gasteiger partial charge < -0.3 is 14.9 Å². The van der Waals surface area contributed by atoms with Gasteiger partial charge in [0.15, 0.2) is 6.10 Å². The van der Waals surface area contributed by atoms with E-state index in [2.05, 4.69) is 4.74 Å². The summed E-state index contributed by atoms with van der Waals surface area (Å²) in [5.74, 6) is -0.965. The number of carbonyl (C=O) groups is 2. The second kappa shape index (κ2) is 5.77. The van der Waals surface area contributed by atoms with Crippen LogP contribution in [0.25, 0.3) is 0 Å². The van der Waals surface area contributed by atoms with E-state index >= 15 is 0 Å². The van der Waals surface area contributed by atoms with Gasteiger partial charge in [-0.25, -0.2) is 4.79 Å². The second-order valence-corrected chi connectivity index (χ2v) is 3.72. The molecule has 0 saturated carbocycles. The summed E-state index contributed by atoms with van der Waals surface area (Å²) in [6, 6.07) is 4.11. The molecule has 0 heterocycles. The number of methoxy groups -OCH3 is 1. The number of hydrogen-bond donors (Lipinski definition) is 2. The summed E-state index contributed by atoms with van der Waals surface area (Å²) >= 11 is 5.81. The summed E-state index contributed by atoms with van der Waals surface area (Å²) in [5.41, 5.74) is 0.480. The van der Waals surface area contributed by atoms with Crippen molar-refractivity contribution in [3.8, 4) is 0 Å². The molecular formula is C11H11ClO5. The fourth-order valence-corrected chi connectivity index (χ4v) is 1.58. The van der Waals surface area contributed by atoms with E-state index in [1.807, 2.05) is 0 Å². The predicted octanol–water partition coefficient (Wildman–Crippen LogP) is 0.720. The molecule has 0 spiro atoms. The number of esters is 1. The lowest BCUT2D eigenvalue weighted by Crippen LogP contribution is -2.29. The van der Waals surface area contributed by atoms with E-state index in [-0.39, 0.29) is 10.6 Å². The molecule has 5 nitrogen and oxygen atoms in total. The predicted molar refractivity (Wildman–Crippen MR) is 59.8 cm³/mol. The highest BCUT2D eigenvalue weighted by molar-refractivity contribution is 6.31. The van der Waals surface area contributed by atoms with Crippen LogP contribution in [0.5, 0.6) is 0 Å². The van der Waals surface area contributed by atoms with E-state index in [1.54, 1.807) is 0 Å². The van der Waals surface area contributed by atoms with E-state index in [0.29, 0.717) is 11.8 Å². The lowest BCUT2D eigenvalue weighted by atomic mass is 10.0. The van der Waals surface area contributed by atoms with Crippen LogP contribution in [0.3, 0.4) is 0 Å². The van der Waals surface area contributed by atoms with Crippen molar-refractivity contribution in [2.24, 2.45) is 0 Å². The summed E-state index contributed by atoms with van der Waals surface area (Å²) in [4.78, 5) is 21.5. The average molecular weight is 259 g/mol. The van der Waals surface area contributed by atoms with Crippen molar-refractivity contribution in [1.82, 2.24) is 0 Å². The number of hydrogen-bond acceptors (Lipinski definition) is 5. The van der Waals surface area contributed by atoms with Gasteiger partial charge in [0.1, 0.15) is 12.4 Å². The number of rotatable bonds is 4. The van der Waals surface area contributed by atoms with E-state index in [1.165, 1.54) is 18.2 Å². The zero-order valence-electron chi connectivity index (χ0n) is 8.96. The smallest absolute Gasteiger partial charge is 0.337 e. The highest BCUT2D eigenvalue weighted by Crippen LogP contribution is 2.26. The molecule has 2 unspecified atom stereocenters. The van der Waals surface area contributed by atoms with E-state index in [4.69, 9.17) is 11.6 Å². The molecule has 1 aromatic carbocycles. The minimum absolute atomic E-state index is 0.0880. The fourth-order valence-electron chi connectivity index (χ4n) is 1.28. The Kier molecular flexibility index (Phi) is 4.62. The highest BCUT2D eigenvalue weighted by Gasteiger charge is 2.27. The van der Waals surface area contributed by atoms with Crippen molar-refractivity contribution >= 4 is 23.9 Å². The average Bonchev–Trinajstić information content (AvgIpc) is 2.35. The number of aliphatic hydroxyl groups excluding tert-OH is 2. The molecule has 2 atom stereocenters. The van der Waals surface area contributed by atoms with Crippen LogP contribution in [0.1, 0.15) is 22.0 Å². The Morgan fingerprint density at radius 1 is 1.47 bits per heavy atom. The number of aldehydes is 1. The first kappa shape index (κ1) is 13.6. The third kappa shape index (κ3) is 3.03. The molecule has 1 rings (SSSR count). The molecule has 0 aliphatic carbocycles. The monoisotopic (exact) mass is 258 g/mol. The first-order valence-electron chi connectivity index (χ1n) is 4.69. The maximum Gasteiger partial charge on any atom is 0.337 e. The SMILES string of the molecule is COC(=O)C(O)C(O)c1ccc(C=O)cc1Cl. The van der Waals surface area contributed by atoms with Gasteiger partial charge >= 0.3 is 5.97 Å². The molecular weight excluding hydrogens is 248 g/mol. The van der Waals surface area contributed by atoms with Gasteiger partial charge in [0.2, 0.25) is 0 Å².